The zero-order valence-corrected chi connectivity index (χ0v) is 11.9. The molecule has 0 radical (unpaired) electrons. The highest BCUT2D eigenvalue weighted by molar-refractivity contribution is 5.78. The fourth-order valence-corrected chi connectivity index (χ4v) is 3.92. The highest BCUT2D eigenvalue weighted by atomic mass is 16.5. The van der Waals surface area contributed by atoms with Crippen molar-refractivity contribution in [1.82, 2.24) is 10.6 Å². The van der Waals surface area contributed by atoms with Gasteiger partial charge in [0.15, 0.2) is 0 Å². The van der Waals surface area contributed by atoms with Gasteiger partial charge < -0.3 is 15.4 Å². The van der Waals surface area contributed by atoms with Gasteiger partial charge in [0.1, 0.15) is 0 Å². The minimum Gasteiger partial charge on any atom is -0.381 e. The molecule has 19 heavy (non-hydrogen) atoms. The normalized spacial score (nSPS) is 32.7. The topological polar surface area (TPSA) is 50.4 Å². The molecular weight excluding hydrogens is 240 g/mol. The Bertz CT molecular complexity index is 335. The van der Waals surface area contributed by atoms with Gasteiger partial charge in [-0.15, -0.1) is 0 Å². The van der Waals surface area contributed by atoms with E-state index in [0.29, 0.717) is 18.5 Å². The Kier molecular flexibility index (Phi) is 3.81. The average molecular weight is 266 g/mol. The van der Waals surface area contributed by atoms with E-state index >= 15 is 0 Å². The van der Waals surface area contributed by atoms with Crippen LogP contribution in [0.2, 0.25) is 0 Å². The Hall–Kier alpha value is -0.610. The van der Waals surface area contributed by atoms with Gasteiger partial charge in [-0.3, -0.25) is 4.79 Å². The van der Waals surface area contributed by atoms with E-state index in [0.717, 1.165) is 38.4 Å². The fourth-order valence-electron chi connectivity index (χ4n) is 3.92. The van der Waals surface area contributed by atoms with E-state index in [1.807, 2.05) is 0 Å². The van der Waals surface area contributed by atoms with Gasteiger partial charge in [0.2, 0.25) is 5.91 Å². The first kappa shape index (κ1) is 13.4. The van der Waals surface area contributed by atoms with E-state index < -0.39 is 0 Å². The highest BCUT2D eigenvalue weighted by Gasteiger charge is 2.48. The monoisotopic (exact) mass is 266 g/mol. The zero-order valence-electron chi connectivity index (χ0n) is 11.9. The largest absolute Gasteiger partial charge is 0.381 e. The maximum Gasteiger partial charge on any atom is 0.220 e. The van der Waals surface area contributed by atoms with E-state index in [1.165, 1.54) is 19.3 Å². The molecule has 1 amide bonds. The van der Waals surface area contributed by atoms with Gasteiger partial charge in [0.05, 0.1) is 5.54 Å². The molecule has 0 aromatic heterocycles. The molecule has 1 aliphatic carbocycles. The van der Waals surface area contributed by atoms with Gasteiger partial charge in [-0.1, -0.05) is 0 Å². The summed E-state index contributed by atoms with van der Waals surface area (Å²) in [5, 5.41) is 7.09. The molecule has 3 rings (SSSR count). The van der Waals surface area contributed by atoms with Crippen molar-refractivity contribution in [2.24, 2.45) is 5.92 Å². The van der Waals surface area contributed by atoms with E-state index in [2.05, 4.69) is 17.6 Å². The first-order valence-electron chi connectivity index (χ1n) is 7.84. The lowest BCUT2D eigenvalue weighted by Crippen LogP contribution is -2.69. The summed E-state index contributed by atoms with van der Waals surface area (Å²) in [6.45, 7) is 4.12. The standard InChI is InChI=1S/C15H26N2O2/c1-11(12-5-9-19-10-6-12)16-13-3-4-14(18)17-15(13)7-2-8-15/h11-13,16H,2-10H2,1H3,(H,17,18). The average Bonchev–Trinajstić information content (AvgIpc) is 2.40. The van der Waals surface area contributed by atoms with Crippen LogP contribution in [0.5, 0.6) is 0 Å². The molecule has 4 nitrogen and oxygen atoms in total. The number of carbonyl (C=O) groups is 1. The summed E-state index contributed by atoms with van der Waals surface area (Å²) in [5.74, 6) is 0.972. The smallest absolute Gasteiger partial charge is 0.220 e. The summed E-state index contributed by atoms with van der Waals surface area (Å²) >= 11 is 0. The molecule has 3 fully saturated rings. The van der Waals surface area contributed by atoms with Crippen molar-refractivity contribution in [1.29, 1.82) is 0 Å². The van der Waals surface area contributed by atoms with E-state index in [4.69, 9.17) is 4.74 Å². The molecule has 2 saturated heterocycles. The third-order valence-electron chi connectivity index (χ3n) is 5.40. The van der Waals surface area contributed by atoms with Crippen molar-refractivity contribution < 1.29 is 9.53 Å². The molecule has 2 heterocycles. The van der Waals surface area contributed by atoms with Crippen molar-refractivity contribution >= 4 is 5.91 Å². The molecule has 2 N–H and O–H groups in total. The van der Waals surface area contributed by atoms with Crippen LogP contribution in [0.15, 0.2) is 0 Å². The minimum atomic E-state index is 0.0781. The first-order valence-corrected chi connectivity index (χ1v) is 7.84. The number of nitrogens with one attached hydrogen (secondary N) is 2. The maximum absolute atomic E-state index is 11.6. The van der Waals surface area contributed by atoms with Gasteiger partial charge in [0, 0.05) is 31.7 Å². The molecule has 2 unspecified atom stereocenters. The second-order valence-corrected chi connectivity index (χ2v) is 6.55. The predicted octanol–water partition coefficient (Wildman–Crippen LogP) is 1.59. The van der Waals surface area contributed by atoms with Crippen LogP contribution in [0.25, 0.3) is 0 Å². The van der Waals surface area contributed by atoms with Crippen molar-refractivity contribution in [3.63, 3.8) is 0 Å². The number of hydrogen-bond acceptors (Lipinski definition) is 3. The Balaban J connectivity index is 1.59. The number of rotatable bonds is 3. The number of amides is 1. The summed E-state index contributed by atoms with van der Waals surface area (Å²) < 4.78 is 5.44. The van der Waals surface area contributed by atoms with Gasteiger partial charge in [0.25, 0.3) is 0 Å². The third kappa shape index (κ3) is 2.65. The lowest BCUT2D eigenvalue weighted by atomic mass is 9.68. The van der Waals surface area contributed by atoms with Crippen LogP contribution in [0.3, 0.4) is 0 Å². The van der Waals surface area contributed by atoms with Crippen LogP contribution < -0.4 is 10.6 Å². The van der Waals surface area contributed by atoms with Crippen LogP contribution in [-0.2, 0) is 9.53 Å². The van der Waals surface area contributed by atoms with Crippen molar-refractivity contribution in [2.45, 2.75) is 69.5 Å². The molecule has 2 atom stereocenters. The quantitative estimate of drug-likeness (QED) is 0.815. The molecule has 0 bridgehead atoms. The summed E-state index contributed by atoms with van der Waals surface area (Å²) in [4.78, 5) is 11.6. The van der Waals surface area contributed by atoms with E-state index in [-0.39, 0.29) is 11.4 Å². The van der Waals surface area contributed by atoms with Crippen LogP contribution in [0.4, 0.5) is 0 Å². The molecule has 1 saturated carbocycles. The third-order valence-corrected chi connectivity index (χ3v) is 5.40. The van der Waals surface area contributed by atoms with Crippen LogP contribution in [0.1, 0.15) is 51.9 Å². The second kappa shape index (κ2) is 5.41. The van der Waals surface area contributed by atoms with Crippen LogP contribution >= 0.6 is 0 Å². The van der Waals surface area contributed by atoms with Crippen molar-refractivity contribution in [3.05, 3.63) is 0 Å². The van der Waals surface area contributed by atoms with Gasteiger partial charge in [-0.05, 0) is 51.4 Å². The minimum absolute atomic E-state index is 0.0781. The SMILES string of the molecule is CC(NC1CCC(=O)NC12CCC2)C1CCOCC1. The number of piperidine rings is 1. The first-order chi connectivity index (χ1) is 9.20. The molecular formula is C15H26N2O2. The Labute approximate surface area is 115 Å². The number of hydrogen-bond donors (Lipinski definition) is 2. The number of ether oxygens (including phenoxy) is 1. The molecule has 2 aliphatic heterocycles. The Morgan fingerprint density at radius 3 is 2.68 bits per heavy atom. The van der Waals surface area contributed by atoms with Crippen molar-refractivity contribution in [2.75, 3.05) is 13.2 Å². The van der Waals surface area contributed by atoms with Gasteiger partial charge in [-0.2, -0.15) is 0 Å². The highest BCUT2D eigenvalue weighted by Crippen LogP contribution is 2.39. The van der Waals surface area contributed by atoms with Crippen LogP contribution in [0, 0.1) is 5.92 Å². The lowest BCUT2D eigenvalue weighted by Gasteiger charge is -2.52. The summed E-state index contributed by atoms with van der Waals surface area (Å²) in [6.07, 6.45) is 7.57. The molecule has 108 valence electrons. The van der Waals surface area contributed by atoms with E-state index in [1.54, 1.807) is 0 Å². The zero-order chi connectivity index (χ0) is 13.3. The Morgan fingerprint density at radius 1 is 1.32 bits per heavy atom. The molecule has 1 spiro atoms. The molecule has 0 aromatic carbocycles. The fraction of sp³-hybridized carbons (Fsp3) is 0.933. The van der Waals surface area contributed by atoms with Crippen molar-refractivity contribution in [3.8, 4) is 0 Å². The maximum atomic E-state index is 11.6. The van der Waals surface area contributed by atoms with Crippen LogP contribution in [-0.4, -0.2) is 36.7 Å². The molecule has 3 aliphatic rings. The number of carbonyl (C=O) groups excluding carboxylic acids is 1. The van der Waals surface area contributed by atoms with Gasteiger partial charge >= 0.3 is 0 Å². The second-order valence-electron chi connectivity index (χ2n) is 6.55. The summed E-state index contributed by atoms with van der Waals surface area (Å²) in [5.41, 5.74) is 0.0781. The lowest BCUT2D eigenvalue weighted by molar-refractivity contribution is -0.128. The molecule has 4 heteroatoms. The molecule has 0 aromatic rings. The Morgan fingerprint density at radius 2 is 2.05 bits per heavy atom. The predicted molar refractivity (Wildman–Crippen MR) is 73.9 cm³/mol. The summed E-state index contributed by atoms with van der Waals surface area (Å²) in [7, 11) is 0. The summed E-state index contributed by atoms with van der Waals surface area (Å²) in [6, 6.07) is 0.998. The van der Waals surface area contributed by atoms with E-state index in [9.17, 15) is 4.79 Å². The van der Waals surface area contributed by atoms with Gasteiger partial charge in [-0.25, -0.2) is 0 Å².